The van der Waals surface area contributed by atoms with Gasteiger partial charge >= 0.3 is 0 Å². The van der Waals surface area contributed by atoms with Crippen molar-refractivity contribution in [2.75, 3.05) is 5.32 Å². The summed E-state index contributed by atoms with van der Waals surface area (Å²) >= 11 is 1.48. The molecule has 16 heavy (non-hydrogen) atoms. The predicted molar refractivity (Wildman–Crippen MR) is 61.2 cm³/mol. The van der Waals surface area contributed by atoms with E-state index in [1.54, 1.807) is 18.5 Å². The van der Waals surface area contributed by atoms with Crippen LogP contribution >= 0.6 is 11.3 Å². The summed E-state index contributed by atoms with van der Waals surface area (Å²) in [7, 11) is 0. The molecule has 0 bridgehead atoms. The molecule has 6 heteroatoms. The first-order valence-electron chi connectivity index (χ1n) is 4.72. The highest BCUT2D eigenvalue weighted by molar-refractivity contribution is 7.09. The number of hydrogen-bond donors (Lipinski definition) is 1. The molecule has 0 saturated heterocycles. The molecule has 2 rings (SSSR count). The van der Waals surface area contributed by atoms with E-state index < -0.39 is 0 Å². The second-order valence-electron chi connectivity index (χ2n) is 3.18. The molecule has 2 aromatic heterocycles. The summed E-state index contributed by atoms with van der Waals surface area (Å²) in [5.41, 5.74) is 0.934. The van der Waals surface area contributed by atoms with Gasteiger partial charge in [-0.25, -0.2) is 15.0 Å². The summed E-state index contributed by atoms with van der Waals surface area (Å²) in [6.07, 6.45) is 3.42. The zero-order valence-electron chi connectivity index (χ0n) is 8.67. The number of carbonyl (C=O) groups excluding carboxylic acids is 1. The maximum Gasteiger partial charge on any atom is 0.233 e. The molecule has 2 aromatic rings. The van der Waals surface area contributed by atoms with Gasteiger partial charge in [0.25, 0.3) is 0 Å². The van der Waals surface area contributed by atoms with E-state index in [0.717, 1.165) is 10.7 Å². The van der Waals surface area contributed by atoms with Gasteiger partial charge in [0.2, 0.25) is 11.9 Å². The summed E-state index contributed by atoms with van der Waals surface area (Å²) in [6, 6.07) is 1.69. The molecule has 0 aliphatic heterocycles. The predicted octanol–water partition coefficient (Wildman–Crippen LogP) is 1.42. The highest BCUT2D eigenvalue weighted by Crippen LogP contribution is 2.09. The lowest BCUT2D eigenvalue weighted by molar-refractivity contribution is -0.115. The van der Waals surface area contributed by atoms with E-state index in [2.05, 4.69) is 20.3 Å². The third kappa shape index (κ3) is 2.83. The molecule has 1 N–H and O–H groups in total. The number of aromatic nitrogens is 3. The number of aryl methyl sites for hydroxylation is 1. The number of rotatable bonds is 3. The molecule has 5 nitrogen and oxygen atoms in total. The Morgan fingerprint density at radius 1 is 1.44 bits per heavy atom. The number of thiazole rings is 1. The van der Waals surface area contributed by atoms with Gasteiger partial charge in [0.15, 0.2) is 0 Å². The van der Waals surface area contributed by atoms with Crippen LogP contribution < -0.4 is 5.32 Å². The van der Waals surface area contributed by atoms with Gasteiger partial charge in [-0.05, 0) is 13.0 Å². The summed E-state index contributed by atoms with van der Waals surface area (Å²) in [5, 5.41) is 5.32. The van der Waals surface area contributed by atoms with Crippen LogP contribution in [-0.2, 0) is 11.2 Å². The van der Waals surface area contributed by atoms with Gasteiger partial charge in [-0.3, -0.25) is 10.1 Å². The van der Waals surface area contributed by atoms with Crippen molar-refractivity contribution in [1.29, 1.82) is 0 Å². The molecule has 0 fully saturated rings. The molecule has 0 atom stereocenters. The molecule has 0 aliphatic rings. The van der Waals surface area contributed by atoms with Gasteiger partial charge < -0.3 is 0 Å². The standard InChI is InChI=1S/C10H10N4OS/c1-7-6-16-9(13-7)5-8(15)14-10-11-3-2-4-12-10/h2-4,6H,5H2,1H3,(H,11,12,14,15). The van der Waals surface area contributed by atoms with Crippen molar-refractivity contribution < 1.29 is 4.79 Å². The molecule has 1 amide bonds. The Morgan fingerprint density at radius 3 is 2.81 bits per heavy atom. The fourth-order valence-electron chi connectivity index (χ4n) is 1.15. The smallest absolute Gasteiger partial charge is 0.233 e. The Labute approximate surface area is 96.6 Å². The average molecular weight is 234 g/mol. The first kappa shape index (κ1) is 10.7. The Bertz CT molecular complexity index is 483. The largest absolute Gasteiger partial charge is 0.294 e. The van der Waals surface area contributed by atoms with Crippen LogP contribution in [0.5, 0.6) is 0 Å². The minimum atomic E-state index is -0.152. The maximum atomic E-state index is 11.6. The summed E-state index contributed by atoms with van der Waals surface area (Å²) in [4.78, 5) is 23.6. The number of hydrogen-bond acceptors (Lipinski definition) is 5. The Balaban J connectivity index is 1.95. The maximum absolute atomic E-state index is 11.6. The van der Waals surface area contributed by atoms with E-state index in [1.807, 2.05) is 12.3 Å². The van der Waals surface area contributed by atoms with Gasteiger partial charge in [-0.1, -0.05) is 0 Å². The van der Waals surface area contributed by atoms with Crippen LogP contribution in [0.3, 0.4) is 0 Å². The minimum Gasteiger partial charge on any atom is -0.294 e. The van der Waals surface area contributed by atoms with Crippen molar-refractivity contribution in [3.05, 3.63) is 34.5 Å². The van der Waals surface area contributed by atoms with Crippen LogP contribution in [0.1, 0.15) is 10.7 Å². The van der Waals surface area contributed by atoms with E-state index in [-0.39, 0.29) is 12.3 Å². The van der Waals surface area contributed by atoms with Crippen LogP contribution in [0.2, 0.25) is 0 Å². The van der Waals surface area contributed by atoms with Crippen LogP contribution in [-0.4, -0.2) is 20.9 Å². The topological polar surface area (TPSA) is 67.8 Å². The van der Waals surface area contributed by atoms with Gasteiger partial charge in [0, 0.05) is 23.5 Å². The molecule has 0 spiro atoms. The first-order chi connectivity index (χ1) is 7.74. The molecule has 0 aromatic carbocycles. The number of amides is 1. The molecule has 0 radical (unpaired) electrons. The van der Waals surface area contributed by atoms with E-state index in [4.69, 9.17) is 0 Å². The van der Waals surface area contributed by atoms with Crippen molar-refractivity contribution in [1.82, 2.24) is 15.0 Å². The lowest BCUT2D eigenvalue weighted by atomic mass is 10.4. The zero-order chi connectivity index (χ0) is 11.4. The van der Waals surface area contributed by atoms with E-state index in [0.29, 0.717) is 5.95 Å². The molecule has 2 heterocycles. The Kier molecular flexibility index (Phi) is 3.21. The van der Waals surface area contributed by atoms with E-state index >= 15 is 0 Å². The second-order valence-corrected chi connectivity index (χ2v) is 4.12. The third-order valence-corrected chi connectivity index (χ3v) is 2.76. The fraction of sp³-hybridized carbons (Fsp3) is 0.200. The third-order valence-electron chi connectivity index (χ3n) is 1.80. The van der Waals surface area contributed by atoms with Gasteiger partial charge in [-0.15, -0.1) is 11.3 Å². The quantitative estimate of drug-likeness (QED) is 0.872. The van der Waals surface area contributed by atoms with E-state index in [1.165, 1.54) is 11.3 Å². The Hall–Kier alpha value is -1.82. The van der Waals surface area contributed by atoms with Crippen LogP contribution in [0.25, 0.3) is 0 Å². The number of nitrogens with zero attached hydrogens (tertiary/aromatic N) is 3. The number of anilines is 1. The monoisotopic (exact) mass is 234 g/mol. The van der Waals surface area contributed by atoms with Gasteiger partial charge in [-0.2, -0.15) is 0 Å². The summed E-state index contributed by atoms with van der Waals surface area (Å²) in [5.74, 6) is 0.168. The SMILES string of the molecule is Cc1csc(CC(=O)Nc2ncccn2)n1. The van der Waals surface area contributed by atoms with E-state index in [9.17, 15) is 4.79 Å². The summed E-state index contributed by atoms with van der Waals surface area (Å²) < 4.78 is 0. The average Bonchev–Trinajstić information content (AvgIpc) is 2.65. The first-order valence-corrected chi connectivity index (χ1v) is 5.60. The van der Waals surface area contributed by atoms with Gasteiger partial charge in [0.05, 0.1) is 6.42 Å². The molecule has 0 aliphatic carbocycles. The zero-order valence-corrected chi connectivity index (χ0v) is 9.49. The van der Waals surface area contributed by atoms with Crippen LogP contribution in [0.15, 0.2) is 23.8 Å². The highest BCUT2D eigenvalue weighted by Gasteiger charge is 2.07. The minimum absolute atomic E-state index is 0.152. The second kappa shape index (κ2) is 4.80. The van der Waals surface area contributed by atoms with Crippen molar-refractivity contribution >= 4 is 23.2 Å². The molecule has 82 valence electrons. The number of carbonyl (C=O) groups is 1. The van der Waals surface area contributed by atoms with Crippen molar-refractivity contribution in [3.8, 4) is 0 Å². The van der Waals surface area contributed by atoms with Crippen molar-refractivity contribution in [2.24, 2.45) is 0 Å². The van der Waals surface area contributed by atoms with Crippen molar-refractivity contribution in [3.63, 3.8) is 0 Å². The van der Waals surface area contributed by atoms with Crippen LogP contribution in [0, 0.1) is 6.92 Å². The molecule has 0 unspecified atom stereocenters. The lowest BCUT2D eigenvalue weighted by Gasteiger charge is -2.00. The fourth-order valence-corrected chi connectivity index (χ4v) is 1.92. The highest BCUT2D eigenvalue weighted by atomic mass is 32.1. The Morgan fingerprint density at radius 2 is 2.19 bits per heavy atom. The summed E-state index contributed by atoms with van der Waals surface area (Å²) in [6.45, 7) is 1.90. The molecular formula is C10H10N4OS. The molecule has 0 saturated carbocycles. The van der Waals surface area contributed by atoms with Gasteiger partial charge in [0.1, 0.15) is 5.01 Å². The lowest BCUT2D eigenvalue weighted by Crippen LogP contribution is -2.16. The normalized spacial score (nSPS) is 10.1. The van der Waals surface area contributed by atoms with Crippen molar-refractivity contribution in [2.45, 2.75) is 13.3 Å². The number of nitrogens with one attached hydrogen (secondary N) is 1. The van der Waals surface area contributed by atoms with Crippen LogP contribution in [0.4, 0.5) is 5.95 Å². The molecular weight excluding hydrogens is 224 g/mol.